The number of nitrogens with zero attached hydrogens (tertiary/aromatic N) is 1. The minimum atomic E-state index is 0.524. The number of carbonyl (C=O) groups is 1. The van der Waals surface area contributed by atoms with Gasteiger partial charge in [-0.1, -0.05) is 0 Å². The monoisotopic (exact) mass is 193 g/mol. The molecule has 66 valence electrons. The second-order valence-corrected chi connectivity index (χ2v) is 3.57. The van der Waals surface area contributed by atoms with Crippen molar-refractivity contribution in [2.45, 2.75) is 0 Å². The van der Waals surface area contributed by atoms with Crippen LogP contribution in [-0.2, 0) is 0 Å². The highest BCUT2D eigenvalue weighted by Gasteiger charge is 2.08. The van der Waals surface area contributed by atoms with Gasteiger partial charge in [0, 0.05) is 18.0 Å². The van der Waals surface area contributed by atoms with Crippen LogP contribution in [-0.4, -0.2) is 16.3 Å². The molecule has 0 unspecified atom stereocenters. The Morgan fingerprint density at radius 3 is 3.00 bits per heavy atom. The van der Waals surface area contributed by atoms with E-state index in [1.165, 1.54) is 11.3 Å². The van der Waals surface area contributed by atoms with E-state index >= 15 is 0 Å². The standard InChI is InChI=1S/C8H7N3OS/c9-7-5(4-12)3-6(13-7)8-10-1-2-11-8/h1-4H,9H2,(H,10,11). The third kappa shape index (κ3) is 1.33. The van der Waals surface area contributed by atoms with E-state index in [2.05, 4.69) is 9.97 Å². The van der Waals surface area contributed by atoms with Crippen LogP contribution in [0.2, 0.25) is 0 Å². The molecule has 0 amide bonds. The van der Waals surface area contributed by atoms with Gasteiger partial charge < -0.3 is 10.7 Å². The Morgan fingerprint density at radius 2 is 2.46 bits per heavy atom. The Kier molecular flexibility index (Phi) is 1.86. The summed E-state index contributed by atoms with van der Waals surface area (Å²) in [6.45, 7) is 0. The third-order valence-corrected chi connectivity index (χ3v) is 2.64. The van der Waals surface area contributed by atoms with E-state index in [1.54, 1.807) is 18.5 Å². The molecular weight excluding hydrogens is 186 g/mol. The molecule has 0 fully saturated rings. The van der Waals surface area contributed by atoms with Crippen molar-refractivity contribution in [1.29, 1.82) is 0 Å². The first-order valence-corrected chi connectivity index (χ1v) is 4.47. The van der Waals surface area contributed by atoms with Crippen molar-refractivity contribution in [3.05, 3.63) is 24.0 Å². The molecule has 0 aliphatic heterocycles. The number of nitrogen functional groups attached to an aromatic ring is 1. The van der Waals surface area contributed by atoms with Crippen molar-refractivity contribution in [1.82, 2.24) is 9.97 Å². The van der Waals surface area contributed by atoms with Gasteiger partial charge in [0.15, 0.2) is 6.29 Å². The number of nitrogens with one attached hydrogen (secondary N) is 1. The summed E-state index contributed by atoms with van der Waals surface area (Å²) in [5, 5.41) is 0.529. The molecule has 0 aromatic carbocycles. The Balaban J connectivity index is 2.48. The Morgan fingerprint density at radius 1 is 1.62 bits per heavy atom. The first-order chi connectivity index (χ1) is 6.31. The van der Waals surface area contributed by atoms with Gasteiger partial charge in [0.05, 0.1) is 9.88 Å². The minimum Gasteiger partial charge on any atom is -0.390 e. The van der Waals surface area contributed by atoms with E-state index in [1.807, 2.05) is 0 Å². The van der Waals surface area contributed by atoms with Crippen molar-refractivity contribution >= 4 is 22.6 Å². The first-order valence-electron chi connectivity index (χ1n) is 3.65. The summed E-state index contributed by atoms with van der Waals surface area (Å²) >= 11 is 1.35. The molecule has 2 aromatic rings. The highest BCUT2D eigenvalue weighted by Crippen LogP contribution is 2.30. The number of carbonyl (C=O) groups excluding carboxylic acids is 1. The molecular formula is C8H7N3OS. The molecule has 2 heterocycles. The van der Waals surface area contributed by atoms with Gasteiger partial charge in [-0.15, -0.1) is 11.3 Å². The zero-order chi connectivity index (χ0) is 9.26. The fourth-order valence-corrected chi connectivity index (χ4v) is 1.88. The van der Waals surface area contributed by atoms with Gasteiger partial charge in [-0.3, -0.25) is 4.79 Å². The zero-order valence-electron chi connectivity index (χ0n) is 6.65. The average Bonchev–Trinajstić information content (AvgIpc) is 2.71. The molecule has 2 rings (SSSR count). The topological polar surface area (TPSA) is 71.8 Å². The van der Waals surface area contributed by atoms with Crippen molar-refractivity contribution in [3.8, 4) is 10.7 Å². The number of imidazole rings is 1. The van der Waals surface area contributed by atoms with Crippen LogP contribution in [0.4, 0.5) is 5.00 Å². The van der Waals surface area contributed by atoms with Crippen LogP contribution in [0, 0.1) is 0 Å². The molecule has 0 saturated heterocycles. The second-order valence-electron chi connectivity index (χ2n) is 2.49. The van der Waals surface area contributed by atoms with Crippen LogP contribution in [0.15, 0.2) is 18.5 Å². The average molecular weight is 193 g/mol. The van der Waals surface area contributed by atoms with Crippen LogP contribution in [0.25, 0.3) is 10.7 Å². The summed E-state index contributed by atoms with van der Waals surface area (Å²) < 4.78 is 0. The quantitative estimate of drug-likeness (QED) is 0.710. The number of anilines is 1. The fraction of sp³-hybridized carbons (Fsp3) is 0. The van der Waals surface area contributed by atoms with Gasteiger partial charge in [0.1, 0.15) is 5.82 Å². The number of hydrogen-bond donors (Lipinski definition) is 2. The minimum absolute atomic E-state index is 0.524. The summed E-state index contributed by atoms with van der Waals surface area (Å²) in [5.74, 6) is 0.741. The first kappa shape index (κ1) is 8.00. The Labute approximate surface area is 78.4 Å². The van der Waals surface area contributed by atoms with Crippen LogP contribution in [0.3, 0.4) is 0 Å². The number of aromatic nitrogens is 2. The lowest BCUT2D eigenvalue weighted by Gasteiger charge is -1.85. The van der Waals surface area contributed by atoms with Crippen LogP contribution < -0.4 is 5.73 Å². The normalized spacial score (nSPS) is 10.2. The molecule has 0 spiro atoms. The van der Waals surface area contributed by atoms with E-state index in [0.29, 0.717) is 10.6 Å². The lowest BCUT2D eigenvalue weighted by Crippen LogP contribution is -1.83. The number of H-pyrrole nitrogens is 1. The number of aldehydes is 1. The molecule has 0 saturated carbocycles. The summed E-state index contributed by atoms with van der Waals surface area (Å²) in [6.07, 6.45) is 4.13. The Hall–Kier alpha value is -1.62. The van der Waals surface area contributed by atoms with Crippen molar-refractivity contribution in [3.63, 3.8) is 0 Å². The number of hydrogen-bond acceptors (Lipinski definition) is 4. The third-order valence-electron chi connectivity index (χ3n) is 1.65. The van der Waals surface area contributed by atoms with Crippen molar-refractivity contribution in [2.75, 3.05) is 5.73 Å². The van der Waals surface area contributed by atoms with Crippen molar-refractivity contribution < 1.29 is 4.79 Å². The fourth-order valence-electron chi connectivity index (χ4n) is 1.03. The number of aromatic amines is 1. The van der Waals surface area contributed by atoms with Gasteiger partial charge in [-0.2, -0.15) is 0 Å². The van der Waals surface area contributed by atoms with E-state index in [4.69, 9.17) is 5.73 Å². The SMILES string of the molecule is Nc1sc(-c2ncc[nH]2)cc1C=O. The predicted octanol–water partition coefficient (Wildman–Crippen LogP) is 1.53. The Bertz CT molecular complexity index is 419. The van der Waals surface area contributed by atoms with Gasteiger partial charge >= 0.3 is 0 Å². The number of rotatable bonds is 2. The maximum atomic E-state index is 10.5. The molecule has 3 N–H and O–H groups in total. The van der Waals surface area contributed by atoms with Gasteiger partial charge in [0.2, 0.25) is 0 Å². The van der Waals surface area contributed by atoms with Gasteiger partial charge in [0.25, 0.3) is 0 Å². The van der Waals surface area contributed by atoms with Crippen LogP contribution >= 0.6 is 11.3 Å². The van der Waals surface area contributed by atoms with E-state index in [-0.39, 0.29) is 0 Å². The molecule has 2 aromatic heterocycles. The second kappa shape index (κ2) is 3.02. The molecule has 5 heteroatoms. The van der Waals surface area contributed by atoms with Crippen LogP contribution in [0.5, 0.6) is 0 Å². The summed E-state index contributed by atoms with van der Waals surface area (Å²) in [6, 6.07) is 1.73. The summed E-state index contributed by atoms with van der Waals surface area (Å²) in [7, 11) is 0. The zero-order valence-corrected chi connectivity index (χ0v) is 7.47. The largest absolute Gasteiger partial charge is 0.390 e. The molecule has 0 atom stereocenters. The maximum Gasteiger partial charge on any atom is 0.153 e. The van der Waals surface area contributed by atoms with E-state index in [0.717, 1.165) is 17.0 Å². The van der Waals surface area contributed by atoms with E-state index in [9.17, 15) is 4.79 Å². The number of nitrogens with two attached hydrogens (primary N) is 1. The molecule has 0 radical (unpaired) electrons. The number of thiophene rings is 1. The molecule has 13 heavy (non-hydrogen) atoms. The maximum absolute atomic E-state index is 10.5. The van der Waals surface area contributed by atoms with Crippen LogP contribution in [0.1, 0.15) is 10.4 Å². The lowest BCUT2D eigenvalue weighted by molar-refractivity contribution is 0.112. The van der Waals surface area contributed by atoms with Crippen molar-refractivity contribution in [2.24, 2.45) is 0 Å². The lowest BCUT2D eigenvalue weighted by atomic mass is 10.3. The molecule has 4 nitrogen and oxygen atoms in total. The molecule has 0 aliphatic carbocycles. The summed E-state index contributed by atoms with van der Waals surface area (Å²) in [5.41, 5.74) is 6.13. The smallest absolute Gasteiger partial charge is 0.153 e. The molecule has 0 aliphatic rings. The van der Waals surface area contributed by atoms with Gasteiger partial charge in [-0.05, 0) is 6.07 Å². The van der Waals surface area contributed by atoms with E-state index < -0.39 is 0 Å². The molecule has 0 bridgehead atoms. The summed E-state index contributed by atoms with van der Waals surface area (Å²) in [4.78, 5) is 18.4. The highest BCUT2D eigenvalue weighted by molar-refractivity contribution is 7.19. The highest BCUT2D eigenvalue weighted by atomic mass is 32.1. The van der Waals surface area contributed by atoms with Gasteiger partial charge in [-0.25, -0.2) is 4.98 Å². The predicted molar refractivity (Wildman–Crippen MR) is 51.7 cm³/mol.